The van der Waals surface area contributed by atoms with Gasteiger partial charge in [0.05, 0.1) is 16.4 Å². The molecule has 1 amide bonds. The summed E-state index contributed by atoms with van der Waals surface area (Å²) in [7, 11) is 0. The summed E-state index contributed by atoms with van der Waals surface area (Å²) in [5, 5.41) is 19.8. The van der Waals surface area contributed by atoms with Crippen molar-refractivity contribution in [1.82, 2.24) is 4.98 Å². The van der Waals surface area contributed by atoms with Crippen molar-refractivity contribution in [3.63, 3.8) is 0 Å². The Labute approximate surface area is 124 Å². The van der Waals surface area contributed by atoms with Gasteiger partial charge in [-0.2, -0.15) is 0 Å². The number of carbonyl (C=O) groups is 1. The minimum absolute atomic E-state index is 0.00983. The molecule has 21 heavy (non-hydrogen) atoms. The number of hydrogen-bond acceptors (Lipinski definition) is 6. The van der Waals surface area contributed by atoms with Gasteiger partial charge in [0.25, 0.3) is 5.69 Å². The number of thiazole rings is 1. The maximum atomic E-state index is 11.4. The number of fused-ring (bicyclic) bond motifs is 1. The maximum Gasteiger partial charge on any atom is 0.292 e. The Morgan fingerprint density at radius 3 is 3.05 bits per heavy atom. The lowest BCUT2D eigenvalue weighted by Crippen LogP contribution is -2.07. The molecule has 108 valence electrons. The number of aromatic nitrogens is 1. The van der Waals surface area contributed by atoms with Gasteiger partial charge >= 0.3 is 0 Å². The highest BCUT2D eigenvalue weighted by Gasteiger charge is 2.24. The number of anilines is 2. The average molecular weight is 304 g/mol. The lowest BCUT2D eigenvalue weighted by Gasteiger charge is -2.08. The lowest BCUT2D eigenvalue weighted by molar-refractivity contribution is -0.384. The molecule has 1 aromatic carbocycles. The third kappa shape index (κ3) is 2.84. The fourth-order valence-corrected chi connectivity index (χ4v) is 2.86. The van der Waals surface area contributed by atoms with Crippen LogP contribution in [-0.2, 0) is 17.6 Å². The minimum atomic E-state index is -0.436. The normalized spacial score (nSPS) is 12.9. The molecule has 0 spiro atoms. The summed E-state index contributed by atoms with van der Waals surface area (Å²) in [5.41, 5.74) is 1.71. The first-order valence-electron chi connectivity index (χ1n) is 6.37. The van der Waals surface area contributed by atoms with Crippen LogP contribution in [0.3, 0.4) is 0 Å². The highest BCUT2D eigenvalue weighted by atomic mass is 32.1. The summed E-state index contributed by atoms with van der Waals surface area (Å²) in [4.78, 5) is 26.2. The molecule has 0 fully saturated rings. The van der Waals surface area contributed by atoms with E-state index < -0.39 is 4.92 Å². The Morgan fingerprint density at radius 2 is 2.33 bits per heavy atom. The van der Waals surface area contributed by atoms with E-state index in [1.54, 1.807) is 23.6 Å². The third-order valence-electron chi connectivity index (χ3n) is 3.18. The molecule has 2 aromatic rings. The fraction of sp³-hybridized carbons (Fsp3) is 0.231. The van der Waals surface area contributed by atoms with Crippen LogP contribution in [0.25, 0.3) is 0 Å². The SMILES string of the molecule is O=C1Cc2cc([N+](=O)[O-])c(NCCc3nccs3)cc2N1. The predicted molar refractivity (Wildman–Crippen MR) is 79.7 cm³/mol. The summed E-state index contributed by atoms with van der Waals surface area (Å²) < 4.78 is 0. The highest BCUT2D eigenvalue weighted by molar-refractivity contribution is 7.09. The maximum absolute atomic E-state index is 11.4. The molecular formula is C13H12N4O3S. The van der Waals surface area contributed by atoms with Gasteiger partial charge in [-0.25, -0.2) is 4.98 Å². The van der Waals surface area contributed by atoms with E-state index >= 15 is 0 Å². The zero-order chi connectivity index (χ0) is 14.8. The molecule has 0 unspecified atom stereocenters. The number of hydrogen-bond donors (Lipinski definition) is 2. The summed E-state index contributed by atoms with van der Waals surface area (Å²) in [5.74, 6) is -0.140. The molecule has 1 aromatic heterocycles. The largest absolute Gasteiger partial charge is 0.379 e. The van der Waals surface area contributed by atoms with E-state index in [2.05, 4.69) is 15.6 Å². The smallest absolute Gasteiger partial charge is 0.292 e. The molecule has 1 aliphatic heterocycles. The number of benzene rings is 1. The number of nitrogens with one attached hydrogen (secondary N) is 2. The van der Waals surface area contributed by atoms with Crippen LogP contribution < -0.4 is 10.6 Å². The zero-order valence-corrected chi connectivity index (χ0v) is 11.8. The quantitative estimate of drug-likeness (QED) is 0.652. The van der Waals surface area contributed by atoms with E-state index in [1.807, 2.05) is 5.38 Å². The molecule has 8 heteroatoms. The molecule has 2 N–H and O–H groups in total. The fourth-order valence-electron chi connectivity index (χ4n) is 2.23. The van der Waals surface area contributed by atoms with Crippen molar-refractivity contribution in [2.75, 3.05) is 17.2 Å². The van der Waals surface area contributed by atoms with E-state index in [0.717, 1.165) is 5.01 Å². The second kappa shape index (κ2) is 5.49. The Balaban J connectivity index is 1.78. The summed E-state index contributed by atoms with van der Waals surface area (Å²) in [6, 6.07) is 3.08. The van der Waals surface area contributed by atoms with Crippen molar-refractivity contribution in [3.8, 4) is 0 Å². The first-order valence-corrected chi connectivity index (χ1v) is 7.25. The number of nitro groups is 1. The zero-order valence-electron chi connectivity index (χ0n) is 11.0. The molecule has 0 atom stereocenters. The van der Waals surface area contributed by atoms with Crippen molar-refractivity contribution >= 4 is 34.3 Å². The molecule has 2 heterocycles. The summed E-state index contributed by atoms with van der Waals surface area (Å²) in [6.07, 6.45) is 2.61. The van der Waals surface area contributed by atoms with Gasteiger partial charge in [-0.1, -0.05) is 0 Å². The van der Waals surface area contributed by atoms with Crippen LogP contribution in [0.4, 0.5) is 17.1 Å². The summed E-state index contributed by atoms with van der Waals surface area (Å²) >= 11 is 1.55. The molecule has 1 aliphatic rings. The van der Waals surface area contributed by atoms with Gasteiger partial charge in [-0.3, -0.25) is 14.9 Å². The van der Waals surface area contributed by atoms with Gasteiger partial charge in [0.15, 0.2) is 0 Å². The molecule has 3 rings (SSSR count). The summed E-state index contributed by atoms with van der Waals surface area (Å²) in [6.45, 7) is 0.543. The number of nitro benzene ring substituents is 1. The van der Waals surface area contributed by atoms with Crippen LogP contribution in [0.15, 0.2) is 23.7 Å². The van der Waals surface area contributed by atoms with E-state index in [0.29, 0.717) is 29.9 Å². The number of nitrogens with zero attached hydrogens (tertiary/aromatic N) is 2. The van der Waals surface area contributed by atoms with Crippen LogP contribution in [0.5, 0.6) is 0 Å². The molecule has 0 radical (unpaired) electrons. The van der Waals surface area contributed by atoms with Crippen molar-refractivity contribution in [3.05, 3.63) is 44.4 Å². The second-order valence-electron chi connectivity index (χ2n) is 4.61. The first-order chi connectivity index (χ1) is 10.1. The molecular weight excluding hydrogens is 292 g/mol. The Bertz CT molecular complexity index is 700. The molecule has 0 aliphatic carbocycles. The molecule has 0 bridgehead atoms. The van der Waals surface area contributed by atoms with Crippen LogP contribution in [0.2, 0.25) is 0 Å². The third-order valence-corrected chi connectivity index (χ3v) is 4.02. The van der Waals surface area contributed by atoms with Gasteiger partial charge in [-0.15, -0.1) is 11.3 Å². The van der Waals surface area contributed by atoms with Gasteiger partial charge in [0, 0.05) is 36.3 Å². The van der Waals surface area contributed by atoms with E-state index in [1.165, 1.54) is 6.07 Å². The second-order valence-corrected chi connectivity index (χ2v) is 5.59. The lowest BCUT2D eigenvalue weighted by atomic mass is 10.1. The Kier molecular flexibility index (Phi) is 3.53. The monoisotopic (exact) mass is 304 g/mol. The Morgan fingerprint density at radius 1 is 1.48 bits per heavy atom. The Hall–Kier alpha value is -2.48. The van der Waals surface area contributed by atoms with Crippen LogP contribution in [-0.4, -0.2) is 22.4 Å². The molecule has 0 saturated carbocycles. The predicted octanol–water partition coefficient (Wildman–Crippen LogP) is 2.20. The van der Waals surface area contributed by atoms with Crippen molar-refractivity contribution in [2.24, 2.45) is 0 Å². The van der Waals surface area contributed by atoms with Crippen molar-refractivity contribution in [1.29, 1.82) is 0 Å². The van der Waals surface area contributed by atoms with Gasteiger partial charge < -0.3 is 10.6 Å². The number of rotatable bonds is 5. The van der Waals surface area contributed by atoms with Gasteiger partial charge in [0.1, 0.15) is 5.69 Å². The highest BCUT2D eigenvalue weighted by Crippen LogP contribution is 2.34. The molecule has 0 saturated heterocycles. The van der Waals surface area contributed by atoms with E-state index in [4.69, 9.17) is 0 Å². The topological polar surface area (TPSA) is 97.2 Å². The first kappa shape index (κ1) is 13.5. The average Bonchev–Trinajstić information content (AvgIpc) is 3.05. The van der Waals surface area contributed by atoms with Crippen molar-refractivity contribution < 1.29 is 9.72 Å². The van der Waals surface area contributed by atoms with E-state index in [-0.39, 0.29) is 18.0 Å². The number of amides is 1. The van der Waals surface area contributed by atoms with Gasteiger partial charge in [-0.05, 0) is 11.6 Å². The van der Waals surface area contributed by atoms with Crippen molar-refractivity contribution in [2.45, 2.75) is 12.8 Å². The standard InChI is InChI=1S/C13H12N4O3S/c18-12-6-8-5-11(17(19)20)10(7-9(8)16-12)14-2-1-13-15-3-4-21-13/h3-5,7,14H,1-2,6H2,(H,16,18). The van der Waals surface area contributed by atoms with Gasteiger partial charge in [0.2, 0.25) is 5.91 Å². The van der Waals surface area contributed by atoms with Crippen LogP contribution in [0.1, 0.15) is 10.6 Å². The molecule has 7 nitrogen and oxygen atoms in total. The number of carbonyl (C=O) groups excluding carboxylic acids is 1. The van der Waals surface area contributed by atoms with E-state index in [9.17, 15) is 14.9 Å². The minimum Gasteiger partial charge on any atom is -0.379 e. The van der Waals surface area contributed by atoms with Crippen LogP contribution >= 0.6 is 11.3 Å². The van der Waals surface area contributed by atoms with Crippen LogP contribution in [0, 0.1) is 10.1 Å².